The summed E-state index contributed by atoms with van der Waals surface area (Å²) in [6.07, 6.45) is 1.36. The zero-order valence-corrected chi connectivity index (χ0v) is 9.02. The van der Waals surface area contributed by atoms with Gasteiger partial charge in [-0.25, -0.2) is 0 Å². The van der Waals surface area contributed by atoms with E-state index >= 15 is 0 Å². The lowest BCUT2D eigenvalue weighted by atomic mass is 10.1. The molecule has 0 aliphatic heterocycles. The molecule has 0 heterocycles. The molecule has 2 amide bonds. The van der Waals surface area contributed by atoms with Crippen molar-refractivity contribution >= 4 is 18.1 Å². The Kier molecular flexibility index (Phi) is 6.28. The van der Waals surface area contributed by atoms with Crippen molar-refractivity contribution in [1.29, 1.82) is 0 Å². The number of unbranched alkanes of at least 4 members (excludes halogenated alkanes) is 1. The molecule has 0 aliphatic rings. The molecule has 0 radical (unpaired) electrons. The summed E-state index contributed by atoms with van der Waals surface area (Å²) in [7, 11) is 0. The average Bonchev–Trinajstić information content (AvgIpc) is 2.13. The number of amides is 2. The van der Waals surface area contributed by atoms with Crippen LogP contribution in [0.2, 0.25) is 0 Å². The summed E-state index contributed by atoms with van der Waals surface area (Å²) >= 11 is 0. The van der Waals surface area contributed by atoms with Crippen LogP contribution in [0.1, 0.15) is 32.6 Å². The molecule has 4 N–H and O–H groups in total. The van der Waals surface area contributed by atoms with E-state index in [9.17, 15) is 14.4 Å². The fourth-order valence-electron chi connectivity index (χ4n) is 0.998. The van der Waals surface area contributed by atoms with Crippen LogP contribution in [0.3, 0.4) is 0 Å². The van der Waals surface area contributed by atoms with E-state index < -0.39 is 18.4 Å². The second kappa shape index (κ2) is 6.91. The van der Waals surface area contributed by atoms with Gasteiger partial charge in [-0.15, -0.1) is 0 Å². The second-order valence-corrected chi connectivity index (χ2v) is 3.30. The highest BCUT2D eigenvalue weighted by Crippen LogP contribution is 1.99. The van der Waals surface area contributed by atoms with Crippen LogP contribution in [0.25, 0.3) is 0 Å². The SMILES string of the molecule is CCCCC(=O)CC(=O)NC(O)(O)NC=O. The lowest BCUT2D eigenvalue weighted by Crippen LogP contribution is -2.58. The first-order valence-corrected chi connectivity index (χ1v) is 4.90. The number of carbonyl (C=O) groups is 3. The van der Waals surface area contributed by atoms with Gasteiger partial charge in [-0.2, -0.15) is 0 Å². The van der Waals surface area contributed by atoms with Crippen molar-refractivity contribution in [3.8, 4) is 0 Å². The molecule has 0 aromatic carbocycles. The summed E-state index contributed by atoms with van der Waals surface area (Å²) < 4.78 is 0. The Bertz CT molecular complexity index is 265. The van der Waals surface area contributed by atoms with E-state index in [1.165, 1.54) is 0 Å². The maximum atomic E-state index is 11.1. The Labute approximate surface area is 92.8 Å². The van der Waals surface area contributed by atoms with E-state index in [1.54, 1.807) is 10.6 Å². The molecule has 7 heteroatoms. The highest BCUT2D eigenvalue weighted by Gasteiger charge is 2.25. The fraction of sp³-hybridized carbons (Fsp3) is 0.667. The van der Waals surface area contributed by atoms with Gasteiger partial charge in [-0.05, 0) is 6.42 Å². The first-order valence-electron chi connectivity index (χ1n) is 4.90. The van der Waals surface area contributed by atoms with Crippen LogP contribution in [0.5, 0.6) is 0 Å². The molecule has 0 aliphatic carbocycles. The van der Waals surface area contributed by atoms with Crippen molar-refractivity contribution < 1.29 is 24.6 Å². The number of hydrogen-bond donors (Lipinski definition) is 4. The fourth-order valence-corrected chi connectivity index (χ4v) is 0.998. The summed E-state index contributed by atoms with van der Waals surface area (Å²) in [5.41, 5.74) is 0. The molecule has 0 rings (SSSR count). The number of carbonyl (C=O) groups excluding carboxylic acids is 3. The van der Waals surface area contributed by atoms with Gasteiger partial charge < -0.3 is 10.2 Å². The number of Topliss-reactive ketones (excluding diaryl/α,β-unsaturated/α-hetero) is 1. The first kappa shape index (κ1) is 14.5. The minimum atomic E-state index is -2.82. The molecule has 0 fully saturated rings. The van der Waals surface area contributed by atoms with Gasteiger partial charge in [-0.3, -0.25) is 25.0 Å². The van der Waals surface area contributed by atoms with E-state index in [-0.39, 0.29) is 18.6 Å². The number of aliphatic hydroxyl groups is 2. The monoisotopic (exact) mass is 232 g/mol. The van der Waals surface area contributed by atoms with Crippen molar-refractivity contribution in [1.82, 2.24) is 10.6 Å². The molecule has 0 saturated carbocycles. The summed E-state index contributed by atoms with van der Waals surface area (Å²) in [6, 6.07) is -2.82. The maximum Gasteiger partial charge on any atom is 0.337 e. The van der Waals surface area contributed by atoms with Crippen molar-refractivity contribution in [3.05, 3.63) is 0 Å². The lowest BCUT2D eigenvalue weighted by Gasteiger charge is -2.20. The quantitative estimate of drug-likeness (QED) is 0.233. The third-order valence-electron chi connectivity index (χ3n) is 1.74. The van der Waals surface area contributed by atoms with Gasteiger partial charge in [0.2, 0.25) is 12.3 Å². The zero-order chi connectivity index (χ0) is 12.6. The molecule has 0 spiro atoms. The summed E-state index contributed by atoms with van der Waals surface area (Å²) in [5, 5.41) is 21.1. The van der Waals surface area contributed by atoms with Gasteiger partial charge in [-0.1, -0.05) is 13.3 Å². The van der Waals surface area contributed by atoms with Gasteiger partial charge in [0.05, 0.1) is 6.42 Å². The Morgan fingerprint density at radius 3 is 2.50 bits per heavy atom. The minimum absolute atomic E-state index is 0.0131. The largest absolute Gasteiger partial charge is 0.337 e. The van der Waals surface area contributed by atoms with Gasteiger partial charge >= 0.3 is 6.03 Å². The molecule has 0 aromatic rings. The second-order valence-electron chi connectivity index (χ2n) is 3.30. The molecule has 0 atom stereocenters. The highest BCUT2D eigenvalue weighted by atomic mass is 16.5. The number of rotatable bonds is 8. The third-order valence-corrected chi connectivity index (χ3v) is 1.74. The van der Waals surface area contributed by atoms with Crippen LogP contribution in [0, 0.1) is 0 Å². The van der Waals surface area contributed by atoms with Crippen LogP contribution in [-0.4, -0.2) is 34.3 Å². The first-order chi connectivity index (χ1) is 7.41. The molecule has 16 heavy (non-hydrogen) atoms. The van der Waals surface area contributed by atoms with Crippen molar-refractivity contribution in [3.63, 3.8) is 0 Å². The average molecular weight is 232 g/mol. The molecule has 0 aromatic heterocycles. The molecule has 92 valence electrons. The Balaban J connectivity index is 3.98. The van der Waals surface area contributed by atoms with E-state index in [0.29, 0.717) is 6.42 Å². The van der Waals surface area contributed by atoms with E-state index in [2.05, 4.69) is 0 Å². The highest BCUT2D eigenvalue weighted by molar-refractivity contribution is 5.98. The third kappa shape index (κ3) is 6.91. The van der Waals surface area contributed by atoms with Crippen LogP contribution < -0.4 is 10.6 Å². The molecule has 7 nitrogen and oxygen atoms in total. The van der Waals surface area contributed by atoms with Crippen LogP contribution >= 0.6 is 0 Å². The van der Waals surface area contributed by atoms with Crippen molar-refractivity contribution in [2.75, 3.05) is 0 Å². The normalized spacial score (nSPS) is 10.7. The summed E-state index contributed by atoms with van der Waals surface area (Å²) in [5.74, 6) is -1.15. The number of ketones is 1. The number of nitrogens with one attached hydrogen (secondary N) is 2. The molecule has 0 bridgehead atoms. The topological polar surface area (TPSA) is 116 Å². The van der Waals surface area contributed by atoms with E-state index in [1.807, 2.05) is 6.92 Å². The molecule has 0 saturated heterocycles. The predicted molar refractivity (Wildman–Crippen MR) is 53.7 cm³/mol. The summed E-state index contributed by atoms with van der Waals surface area (Å²) in [4.78, 5) is 32.2. The van der Waals surface area contributed by atoms with Crippen molar-refractivity contribution in [2.24, 2.45) is 0 Å². The lowest BCUT2D eigenvalue weighted by molar-refractivity contribution is -0.206. The Morgan fingerprint density at radius 1 is 1.38 bits per heavy atom. The van der Waals surface area contributed by atoms with Crippen LogP contribution in [-0.2, 0) is 14.4 Å². The molecular formula is C9H16N2O5. The van der Waals surface area contributed by atoms with Crippen LogP contribution in [0.4, 0.5) is 0 Å². The maximum absolute atomic E-state index is 11.1. The van der Waals surface area contributed by atoms with E-state index in [0.717, 1.165) is 6.42 Å². The van der Waals surface area contributed by atoms with Gasteiger partial charge in [0.25, 0.3) is 0 Å². The van der Waals surface area contributed by atoms with Gasteiger partial charge in [0, 0.05) is 6.42 Å². The van der Waals surface area contributed by atoms with Gasteiger partial charge in [0.15, 0.2) is 0 Å². The predicted octanol–water partition coefficient (Wildman–Crippen LogP) is -1.41. The zero-order valence-electron chi connectivity index (χ0n) is 9.02. The van der Waals surface area contributed by atoms with Crippen molar-refractivity contribution in [2.45, 2.75) is 38.6 Å². The van der Waals surface area contributed by atoms with Gasteiger partial charge in [0.1, 0.15) is 5.78 Å². The Morgan fingerprint density at radius 2 is 2.00 bits per heavy atom. The van der Waals surface area contributed by atoms with Crippen LogP contribution in [0.15, 0.2) is 0 Å². The molecular weight excluding hydrogens is 216 g/mol. The Hall–Kier alpha value is -1.47. The minimum Gasteiger partial charge on any atom is -0.331 e. The summed E-state index contributed by atoms with van der Waals surface area (Å²) in [6.45, 7) is 1.91. The van der Waals surface area contributed by atoms with E-state index in [4.69, 9.17) is 10.2 Å². The number of hydrogen-bond acceptors (Lipinski definition) is 5. The molecule has 0 unspecified atom stereocenters. The smallest absolute Gasteiger partial charge is 0.331 e. The standard InChI is InChI=1S/C9H16N2O5/c1-2-3-4-7(13)5-8(14)11-9(15,16)10-6-12/h6,15-16H,2-5H2,1H3,(H,10,12)(H,11,14).